The quantitative estimate of drug-likeness (QED) is 0.562. The van der Waals surface area contributed by atoms with Gasteiger partial charge < -0.3 is 16.0 Å². The van der Waals surface area contributed by atoms with Crippen molar-refractivity contribution in [1.82, 2.24) is 9.97 Å². The average molecular weight is 410 g/mol. The highest BCUT2D eigenvalue weighted by atomic mass is 79.9. The minimum Gasteiger partial charge on any atom is -0.397 e. The van der Waals surface area contributed by atoms with Crippen molar-refractivity contribution in [3.05, 3.63) is 56.0 Å². The molecule has 5 nitrogen and oxygen atoms in total. The van der Waals surface area contributed by atoms with Crippen LogP contribution in [0.15, 0.2) is 50.4 Å². The number of nitrogens with one attached hydrogen (secondary N) is 2. The fourth-order valence-electron chi connectivity index (χ4n) is 1.98. The zero-order chi connectivity index (χ0) is 15.0. The minimum absolute atomic E-state index is 0.207. The molecule has 7 heteroatoms. The maximum absolute atomic E-state index is 11.7. The summed E-state index contributed by atoms with van der Waals surface area (Å²) in [6, 6.07) is 9.16. The maximum atomic E-state index is 11.7. The fraction of sp³-hybridized carbons (Fsp3) is 0. The van der Waals surface area contributed by atoms with Gasteiger partial charge in [-0.05, 0) is 46.3 Å². The van der Waals surface area contributed by atoms with E-state index in [9.17, 15) is 4.79 Å². The maximum Gasteiger partial charge on any atom is 0.258 e. The van der Waals surface area contributed by atoms with Gasteiger partial charge in [0.2, 0.25) is 0 Å². The molecular weight excluding hydrogens is 400 g/mol. The first kappa shape index (κ1) is 14.1. The van der Waals surface area contributed by atoms with Gasteiger partial charge in [0.1, 0.15) is 0 Å². The summed E-state index contributed by atoms with van der Waals surface area (Å²) in [5, 5.41) is 3.71. The van der Waals surface area contributed by atoms with Gasteiger partial charge in [-0.2, -0.15) is 0 Å². The molecule has 0 atom stereocenters. The molecule has 1 heterocycles. The highest BCUT2D eigenvalue weighted by Crippen LogP contribution is 2.32. The van der Waals surface area contributed by atoms with Gasteiger partial charge in [0.15, 0.2) is 0 Å². The Kier molecular flexibility index (Phi) is 3.69. The number of nitrogens with two attached hydrogens (primary N) is 1. The summed E-state index contributed by atoms with van der Waals surface area (Å²) < 4.78 is 1.85. The highest BCUT2D eigenvalue weighted by Gasteiger charge is 2.08. The number of hydrogen-bond donors (Lipinski definition) is 3. The molecule has 0 unspecified atom stereocenters. The van der Waals surface area contributed by atoms with Gasteiger partial charge in [0, 0.05) is 8.95 Å². The van der Waals surface area contributed by atoms with Crippen LogP contribution in [0.1, 0.15) is 0 Å². The Balaban J connectivity index is 2.10. The fourth-order valence-corrected chi connectivity index (χ4v) is 2.69. The van der Waals surface area contributed by atoms with Crippen LogP contribution >= 0.6 is 31.9 Å². The second kappa shape index (κ2) is 5.50. The number of benzene rings is 2. The van der Waals surface area contributed by atoms with E-state index in [2.05, 4.69) is 47.1 Å². The third-order valence-electron chi connectivity index (χ3n) is 3.01. The van der Waals surface area contributed by atoms with Crippen molar-refractivity contribution in [2.75, 3.05) is 11.1 Å². The molecule has 106 valence electrons. The zero-order valence-electron chi connectivity index (χ0n) is 10.7. The first-order valence-electron chi connectivity index (χ1n) is 6.03. The van der Waals surface area contributed by atoms with E-state index in [4.69, 9.17) is 5.73 Å². The van der Waals surface area contributed by atoms with Gasteiger partial charge in [-0.25, -0.2) is 4.98 Å². The van der Waals surface area contributed by atoms with Crippen molar-refractivity contribution in [3.63, 3.8) is 0 Å². The SMILES string of the molecule is Nc1cc2c(=O)[nH]cnc2cc1Nc1cc(Br)ccc1Br. The Labute approximate surface area is 136 Å². The molecule has 3 aromatic rings. The van der Waals surface area contributed by atoms with Gasteiger partial charge in [-0.3, -0.25) is 4.79 Å². The average Bonchev–Trinajstić information content (AvgIpc) is 2.45. The molecule has 3 rings (SSSR count). The van der Waals surface area contributed by atoms with Gasteiger partial charge in [0.05, 0.1) is 34.3 Å². The van der Waals surface area contributed by atoms with Crippen molar-refractivity contribution in [3.8, 4) is 0 Å². The smallest absolute Gasteiger partial charge is 0.258 e. The normalized spacial score (nSPS) is 10.8. The third kappa shape index (κ3) is 2.79. The number of halogens is 2. The molecule has 0 aliphatic heterocycles. The molecule has 2 aromatic carbocycles. The Morgan fingerprint density at radius 3 is 2.76 bits per heavy atom. The molecule has 4 N–H and O–H groups in total. The third-order valence-corrected chi connectivity index (χ3v) is 4.19. The van der Waals surface area contributed by atoms with E-state index in [1.54, 1.807) is 12.1 Å². The Morgan fingerprint density at radius 2 is 1.95 bits per heavy atom. The van der Waals surface area contributed by atoms with Crippen molar-refractivity contribution >= 4 is 59.8 Å². The van der Waals surface area contributed by atoms with Gasteiger partial charge in [-0.1, -0.05) is 15.9 Å². The number of anilines is 3. The van der Waals surface area contributed by atoms with Crippen LogP contribution in [0.3, 0.4) is 0 Å². The lowest BCUT2D eigenvalue weighted by Crippen LogP contribution is -2.07. The lowest BCUT2D eigenvalue weighted by molar-refractivity contribution is 1.17. The van der Waals surface area contributed by atoms with Crippen molar-refractivity contribution in [2.45, 2.75) is 0 Å². The Morgan fingerprint density at radius 1 is 1.14 bits per heavy atom. The van der Waals surface area contributed by atoms with Gasteiger partial charge in [0.25, 0.3) is 5.56 Å². The first-order chi connectivity index (χ1) is 10.0. The first-order valence-corrected chi connectivity index (χ1v) is 7.62. The van der Waals surface area contributed by atoms with Crippen LogP contribution in [0.2, 0.25) is 0 Å². The second-order valence-electron chi connectivity index (χ2n) is 4.44. The molecular formula is C14H10Br2N4O. The van der Waals surface area contributed by atoms with E-state index < -0.39 is 0 Å². The minimum atomic E-state index is -0.207. The molecule has 0 aliphatic carbocycles. The topological polar surface area (TPSA) is 83.8 Å². The Bertz CT molecular complexity index is 892. The standard InChI is InChI=1S/C14H10Br2N4O/c15-7-1-2-9(16)12(3-7)20-13-5-11-8(4-10(13)17)14(21)19-6-18-11/h1-6,20H,17H2,(H,18,19,21). The lowest BCUT2D eigenvalue weighted by atomic mass is 10.2. The zero-order valence-corrected chi connectivity index (χ0v) is 13.8. The second-order valence-corrected chi connectivity index (χ2v) is 6.21. The van der Waals surface area contributed by atoms with Gasteiger partial charge in [-0.15, -0.1) is 0 Å². The number of nitrogen functional groups attached to an aromatic ring is 1. The van der Waals surface area contributed by atoms with Crippen LogP contribution in [-0.2, 0) is 0 Å². The molecule has 1 aromatic heterocycles. The summed E-state index contributed by atoms with van der Waals surface area (Å²) in [6.45, 7) is 0. The van der Waals surface area contributed by atoms with Crippen LogP contribution < -0.4 is 16.6 Å². The monoisotopic (exact) mass is 408 g/mol. The predicted octanol–water partition coefficient (Wildman–Crippen LogP) is 3.77. The van der Waals surface area contributed by atoms with E-state index in [-0.39, 0.29) is 5.56 Å². The van der Waals surface area contributed by atoms with E-state index in [1.807, 2.05) is 18.2 Å². The van der Waals surface area contributed by atoms with Crippen molar-refractivity contribution in [2.24, 2.45) is 0 Å². The molecule has 0 spiro atoms. The summed E-state index contributed by atoms with van der Waals surface area (Å²) >= 11 is 6.91. The summed E-state index contributed by atoms with van der Waals surface area (Å²) in [4.78, 5) is 18.4. The summed E-state index contributed by atoms with van der Waals surface area (Å²) in [5.74, 6) is 0. The lowest BCUT2D eigenvalue weighted by Gasteiger charge is -2.12. The summed E-state index contributed by atoms with van der Waals surface area (Å²) in [6.07, 6.45) is 1.37. The number of fused-ring (bicyclic) bond motifs is 1. The molecule has 0 radical (unpaired) electrons. The molecule has 0 bridgehead atoms. The Hall–Kier alpha value is -1.86. The number of aromatic nitrogens is 2. The number of H-pyrrole nitrogens is 1. The van der Waals surface area contributed by atoms with Crippen LogP contribution in [0.5, 0.6) is 0 Å². The van der Waals surface area contributed by atoms with E-state index in [0.717, 1.165) is 14.6 Å². The number of rotatable bonds is 2. The van der Waals surface area contributed by atoms with Crippen LogP contribution in [-0.4, -0.2) is 9.97 Å². The number of aromatic amines is 1. The van der Waals surface area contributed by atoms with E-state index in [1.165, 1.54) is 6.33 Å². The molecule has 21 heavy (non-hydrogen) atoms. The largest absolute Gasteiger partial charge is 0.397 e. The molecule has 0 saturated heterocycles. The van der Waals surface area contributed by atoms with E-state index >= 15 is 0 Å². The molecule has 0 saturated carbocycles. The van der Waals surface area contributed by atoms with E-state index in [0.29, 0.717) is 22.3 Å². The van der Waals surface area contributed by atoms with Gasteiger partial charge >= 0.3 is 0 Å². The summed E-state index contributed by atoms with van der Waals surface area (Å²) in [5.41, 5.74) is 8.43. The van der Waals surface area contributed by atoms with Crippen LogP contribution in [0.25, 0.3) is 10.9 Å². The van der Waals surface area contributed by atoms with Crippen LogP contribution in [0, 0.1) is 0 Å². The summed E-state index contributed by atoms with van der Waals surface area (Å²) in [7, 11) is 0. The van der Waals surface area contributed by atoms with Crippen molar-refractivity contribution < 1.29 is 0 Å². The van der Waals surface area contributed by atoms with Crippen molar-refractivity contribution in [1.29, 1.82) is 0 Å². The molecule has 0 amide bonds. The number of nitrogens with zero attached hydrogens (tertiary/aromatic N) is 1. The molecule has 0 aliphatic rings. The number of hydrogen-bond acceptors (Lipinski definition) is 4. The predicted molar refractivity (Wildman–Crippen MR) is 91.9 cm³/mol. The highest BCUT2D eigenvalue weighted by molar-refractivity contribution is 9.11. The van der Waals surface area contributed by atoms with Crippen LogP contribution in [0.4, 0.5) is 17.1 Å². The molecule has 0 fully saturated rings.